The van der Waals surface area contributed by atoms with E-state index in [2.05, 4.69) is 86.3 Å². The molecule has 2 aromatic carbocycles. The first kappa shape index (κ1) is 18.0. The zero-order valence-corrected chi connectivity index (χ0v) is 15.3. The highest BCUT2D eigenvalue weighted by Gasteiger charge is 2.39. The minimum absolute atomic E-state index is 0. The van der Waals surface area contributed by atoms with Gasteiger partial charge in [0.1, 0.15) is 0 Å². The SMILES string of the molecule is CC(C)(C)N1CCC(c2ccccc2)(c2ccccc2)CC1.Cl. The Balaban J connectivity index is 0.00000192. The molecule has 0 bridgehead atoms. The van der Waals surface area contributed by atoms with Crippen molar-refractivity contribution in [2.24, 2.45) is 0 Å². The molecule has 1 saturated heterocycles. The lowest BCUT2D eigenvalue weighted by atomic mass is 9.67. The molecule has 1 heterocycles. The number of hydrogen-bond acceptors (Lipinski definition) is 1. The van der Waals surface area contributed by atoms with Crippen LogP contribution in [0, 0.1) is 0 Å². The van der Waals surface area contributed by atoms with Gasteiger partial charge in [-0.2, -0.15) is 0 Å². The van der Waals surface area contributed by atoms with Gasteiger partial charge in [-0.25, -0.2) is 0 Å². The third-order valence-electron chi connectivity index (χ3n) is 5.22. The van der Waals surface area contributed by atoms with Crippen molar-refractivity contribution in [1.29, 1.82) is 0 Å². The van der Waals surface area contributed by atoms with Gasteiger partial charge >= 0.3 is 0 Å². The Bertz CT molecular complexity index is 551. The van der Waals surface area contributed by atoms with Gasteiger partial charge in [0.05, 0.1) is 0 Å². The summed E-state index contributed by atoms with van der Waals surface area (Å²) in [5, 5.41) is 0. The maximum absolute atomic E-state index is 2.62. The summed E-state index contributed by atoms with van der Waals surface area (Å²) < 4.78 is 0. The van der Waals surface area contributed by atoms with Crippen molar-refractivity contribution in [3.8, 4) is 0 Å². The van der Waals surface area contributed by atoms with E-state index in [0.29, 0.717) is 0 Å². The second-order valence-electron chi connectivity index (χ2n) is 7.47. The predicted molar refractivity (Wildman–Crippen MR) is 101 cm³/mol. The van der Waals surface area contributed by atoms with Crippen LogP contribution in [0.5, 0.6) is 0 Å². The average molecular weight is 330 g/mol. The molecule has 0 N–H and O–H groups in total. The lowest BCUT2D eigenvalue weighted by Crippen LogP contribution is -2.50. The highest BCUT2D eigenvalue weighted by molar-refractivity contribution is 5.85. The fourth-order valence-corrected chi connectivity index (χ4v) is 3.82. The normalized spacial score (nSPS) is 18.2. The van der Waals surface area contributed by atoms with Crippen molar-refractivity contribution in [2.75, 3.05) is 13.1 Å². The van der Waals surface area contributed by atoms with Crippen LogP contribution in [0.3, 0.4) is 0 Å². The summed E-state index contributed by atoms with van der Waals surface area (Å²) in [5.41, 5.74) is 3.37. The van der Waals surface area contributed by atoms with Crippen molar-refractivity contribution in [3.05, 3.63) is 71.8 Å². The maximum atomic E-state index is 2.62. The fourth-order valence-electron chi connectivity index (χ4n) is 3.82. The molecule has 124 valence electrons. The number of halogens is 1. The van der Waals surface area contributed by atoms with E-state index in [1.54, 1.807) is 0 Å². The van der Waals surface area contributed by atoms with E-state index in [1.165, 1.54) is 24.0 Å². The Labute approximate surface area is 147 Å². The molecule has 0 atom stereocenters. The van der Waals surface area contributed by atoms with E-state index in [1.807, 2.05) is 0 Å². The first-order valence-electron chi connectivity index (χ1n) is 8.38. The molecule has 1 aliphatic rings. The summed E-state index contributed by atoms with van der Waals surface area (Å²) in [6, 6.07) is 22.2. The molecule has 0 aliphatic carbocycles. The monoisotopic (exact) mass is 329 g/mol. The van der Waals surface area contributed by atoms with Crippen molar-refractivity contribution in [1.82, 2.24) is 4.90 Å². The molecule has 0 saturated carbocycles. The van der Waals surface area contributed by atoms with E-state index < -0.39 is 0 Å². The highest BCUT2D eigenvalue weighted by atomic mass is 35.5. The van der Waals surface area contributed by atoms with Gasteiger partial charge in [0.25, 0.3) is 0 Å². The van der Waals surface area contributed by atoms with Crippen molar-refractivity contribution in [3.63, 3.8) is 0 Å². The topological polar surface area (TPSA) is 3.24 Å². The summed E-state index contributed by atoms with van der Waals surface area (Å²) in [6.45, 7) is 9.29. The third kappa shape index (κ3) is 3.62. The van der Waals surface area contributed by atoms with Crippen LogP contribution in [0.4, 0.5) is 0 Å². The van der Waals surface area contributed by atoms with Crippen LogP contribution in [0.25, 0.3) is 0 Å². The second kappa shape index (κ2) is 7.07. The minimum atomic E-state index is 0. The zero-order chi connectivity index (χ0) is 15.6. The fraction of sp³-hybridized carbons (Fsp3) is 0.429. The van der Waals surface area contributed by atoms with Crippen LogP contribution in [-0.2, 0) is 5.41 Å². The average Bonchev–Trinajstić information content (AvgIpc) is 2.56. The first-order chi connectivity index (χ1) is 10.5. The standard InChI is InChI=1S/C21H27N.ClH/c1-20(2,3)22-16-14-21(15-17-22,18-10-6-4-7-11-18)19-12-8-5-9-13-19;/h4-13H,14-17H2,1-3H3;1H. The Kier molecular flexibility index (Phi) is 5.54. The number of nitrogens with zero attached hydrogens (tertiary/aromatic N) is 1. The smallest absolute Gasteiger partial charge is 0.0227 e. The molecule has 0 aromatic heterocycles. The van der Waals surface area contributed by atoms with E-state index in [9.17, 15) is 0 Å². The largest absolute Gasteiger partial charge is 0.298 e. The summed E-state index contributed by atoms with van der Waals surface area (Å²) >= 11 is 0. The first-order valence-corrected chi connectivity index (χ1v) is 8.38. The van der Waals surface area contributed by atoms with Gasteiger partial charge in [0, 0.05) is 11.0 Å². The molecule has 0 unspecified atom stereocenters. The summed E-state index contributed by atoms with van der Waals surface area (Å²) in [5.74, 6) is 0. The number of likely N-dealkylation sites (tertiary alicyclic amines) is 1. The molecule has 1 nitrogen and oxygen atoms in total. The van der Waals surface area contributed by atoms with Crippen LogP contribution < -0.4 is 0 Å². The lowest BCUT2D eigenvalue weighted by molar-refractivity contribution is 0.0848. The van der Waals surface area contributed by atoms with Crippen LogP contribution >= 0.6 is 12.4 Å². The molecule has 0 spiro atoms. The number of rotatable bonds is 2. The van der Waals surface area contributed by atoms with Crippen molar-refractivity contribution in [2.45, 2.75) is 44.6 Å². The number of hydrogen-bond donors (Lipinski definition) is 0. The summed E-state index contributed by atoms with van der Waals surface area (Å²) in [7, 11) is 0. The molecule has 2 heteroatoms. The second-order valence-corrected chi connectivity index (χ2v) is 7.47. The molecule has 2 aromatic rings. The molecule has 3 rings (SSSR count). The third-order valence-corrected chi connectivity index (χ3v) is 5.22. The molecule has 1 fully saturated rings. The Morgan fingerprint density at radius 1 is 0.739 bits per heavy atom. The van der Waals surface area contributed by atoms with Crippen LogP contribution in [0.15, 0.2) is 60.7 Å². The Hall–Kier alpha value is -1.31. The van der Waals surface area contributed by atoms with Gasteiger partial charge in [-0.15, -0.1) is 12.4 Å². The van der Waals surface area contributed by atoms with E-state index >= 15 is 0 Å². The molecule has 1 aliphatic heterocycles. The van der Waals surface area contributed by atoms with Gasteiger partial charge in [-0.1, -0.05) is 60.7 Å². The van der Waals surface area contributed by atoms with Crippen LogP contribution in [0.1, 0.15) is 44.7 Å². The van der Waals surface area contributed by atoms with Gasteiger partial charge in [0.2, 0.25) is 0 Å². The van der Waals surface area contributed by atoms with Crippen molar-refractivity contribution >= 4 is 12.4 Å². The number of benzene rings is 2. The Morgan fingerprint density at radius 2 is 1.13 bits per heavy atom. The molecule has 0 radical (unpaired) electrons. The van der Waals surface area contributed by atoms with E-state index in [-0.39, 0.29) is 23.4 Å². The van der Waals surface area contributed by atoms with E-state index in [4.69, 9.17) is 0 Å². The van der Waals surface area contributed by atoms with Crippen LogP contribution in [0.2, 0.25) is 0 Å². The predicted octanol–water partition coefficient (Wildman–Crippen LogP) is 5.29. The van der Waals surface area contributed by atoms with Crippen molar-refractivity contribution < 1.29 is 0 Å². The minimum Gasteiger partial charge on any atom is -0.298 e. The Morgan fingerprint density at radius 3 is 1.48 bits per heavy atom. The van der Waals surface area contributed by atoms with Crippen LogP contribution in [-0.4, -0.2) is 23.5 Å². The quantitative estimate of drug-likeness (QED) is 0.723. The molecular weight excluding hydrogens is 302 g/mol. The maximum Gasteiger partial charge on any atom is 0.0227 e. The van der Waals surface area contributed by atoms with Gasteiger partial charge < -0.3 is 0 Å². The molecule has 0 amide bonds. The van der Waals surface area contributed by atoms with Gasteiger partial charge in [0.15, 0.2) is 0 Å². The summed E-state index contributed by atoms with van der Waals surface area (Å²) in [4.78, 5) is 2.62. The van der Waals surface area contributed by atoms with Gasteiger partial charge in [-0.3, -0.25) is 4.90 Å². The number of piperidine rings is 1. The lowest BCUT2D eigenvalue weighted by Gasteiger charge is -2.47. The molecular formula is C21H28ClN. The molecule has 23 heavy (non-hydrogen) atoms. The van der Waals surface area contributed by atoms with Gasteiger partial charge in [-0.05, 0) is 57.8 Å². The highest BCUT2D eigenvalue weighted by Crippen LogP contribution is 2.42. The summed E-state index contributed by atoms with van der Waals surface area (Å²) in [6.07, 6.45) is 2.39. The zero-order valence-electron chi connectivity index (χ0n) is 14.5. The van der Waals surface area contributed by atoms with E-state index in [0.717, 1.165) is 13.1 Å².